The van der Waals surface area contributed by atoms with E-state index >= 15 is 0 Å². The van der Waals surface area contributed by atoms with E-state index < -0.39 is 0 Å². The summed E-state index contributed by atoms with van der Waals surface area (Å²) >= 11 is 4.59. The zero-order valence-corrected chi connectivity index (χ0v) is 34.7. The molecule has 2 aliphatic heterocycles. The van der Waals surface area contributed by atoms with Gasteiger partial charge in [-0.25, -0.2) is 0 Å². The minimum absolute atomic E-state index is 0.352. The van der Waals surface area contributed by atoms with Gasteiger partial charge in [-0.05, 0) is 0 Å². The zero-order chi connectivity index (χ0) is 34.4. The van der Waals surface area contributed by atoms with Crippen LogP contribution < -0.4 is 0 Å². The van der Waals surface area contributed by atoms with Crippen LogP contribution in [-0.4, -0.2) is 36.4 Å². The van der Waals surface area contributed by atoms with Gasteiger partial charge in [-0.2, -0.15) is 0 Å². The maximum absolute atomic E-state index is 4.24. The summed E-state index contributed by atoms with van der Waals surface area (Å²) in [6.07, 6.45) is 21.6. The molecule has 266 valence electrons. The van der Waals surface area contributed by atoms with Crippen LogP contribution >= 0.6 is 15.9 Å². The van der Waals surface area contributed by atoms with Crippen molar-refractivity contribution in [1.29, 1.82) is 0 Å². The number of fused-ring (bicyclic) bond motifs is 1. The number of rotatable bonds is 18. The van der Waals surface area contributed by atoms with E-state index in [9.17, 15) is 0 Å². The Morgan fingerprint density at radius 3 is 1.44 bits per heavy atom. The molecule has 0 N–H and O–H groups in total. The molecular weight excluding hydrogens is 739 g/mol. The zero-order valence-electron chi connectivity index (χ0n) is 31.4. The van der Waals surface area contributed by atoms with Crippen LogP contribution in [0.3, 0.4) is 0 Å². The van der Waals surface area contributed by atoms with Crippen molar-refractivity contribution in [3.63, 3.8) is 0 Å². The quantitative estimate of drug-likeness (QED) is 0.0370. The molecule has 3 heterocycles. The summed E-state index contributed by atoms with van der Waals surface area (Å²) in [5, 5.41) is 12.6. The first-order chi connectivity index (χ1) is 24.6. The van der Waals surface area contributed by atoms with E-state index in [1.807, 2.05) is 0 Å². The molecule has 0 unspecified atom stereocenters. The van der Waals surface area contributed by atoms with Gasteiger partial charge >= 0.3 is 318 Å². The molecule has 0 radical (unpaired) electrons. The third-order valence-corrected chi connectivity index (χ3v) is 15.6. The fourth-order valence-electron chi connectivity index (χ4n) is 10.2. The average molecular weight is 799 g/mol. The molecule has 5 aromatic carbocycles. The first-order valence-electron chi connectivity index (χ1n) is 20.6. The van der Waals surface area contributed by atoms with Crippen molar-refractivity contribution in [3.05, 3.63) is 57.1 Å². The van der Waals surface area contributed by atoms with Gasteiger partial charge in [0.2, 0.25) is 0 Å². The molecule has 0 bridgehead atoms. The topological polar surface area (TPSA) is 6.48 Å². The normalized spacial score (nSPS) is 15.7. The number of hydrogen-bond acceptors (Lipinski definition) is 2. The van der Waals surface area contributed by atoms with Gasteiger partial charge in [-0.15, -0.1) is 0 Å². The minimum atomic E-state index is 0.352. The summed E-state index contributed by atoms with van der Waals surface area (Å²) < 4.78 is 4.62. The summed E-state index contributed by atoms with van der Waals surface area (Å²) in [4.78, 5) is 5.77. The summed E-state index contributed by atoms with van der Waals surface area (Å²) in [5.74, 6) is 0. The van der Waals surface area contributed by atoms with E-state index in [0.29, 0.717) is 26.6 Å². The van der Waals surface area contributed by atoms with Gasteiger partial charge < -0.3 is 0 Å². The number of hydrogen-bond donors (Lipinski definition) is 0. The Balaban J connectivity index is 1.23. The number of nitrogens with zero attached hydrogens (tertiary/aromatic N) is 2. The van der Waals surface area contributed by atoms with E-state index in [-0.39, 0.29) is 0 Å². The summed E-state index contributed by atoms with van der Waals surface area (Å²) in [6.45, 7) is 13.8. The van der Waals surface area contributed by atoms with Crippen LogP contribution in [0.4, 0.5) is 0 Å². The second-order valence-corrected chi connectivity index (χ2v) is 19.3. The molecule has 2 aliphatic rings. The second kappa shape index (κ2) is 15.4. The molecule has 0 aliphatic carbocycles. The molecule has 0 fully saturated rings. The van der Waals surface area contributed by atoms with Crippen LogP contribution in [0.1, 0.15) is 153 Å². The van der Waals surface area contributed by atoms with E-state index in [4.69, 9.17) is 0 Å². The molecular formula is C46H59BrN2Se. The van der Waals surface area contributed by atoms with Gasteiger partial charge in [-0.3, -0.25) is 0 Å². The number of unbranched alkanes of at least 4 members (excludes halogenated alkanes) is 8. The standard InChI is InChI=1S/C46H59BrN2Se/c1-5-9-13-17-34(18-14-10-6-2)48-26-30-21-22-36-42-37(47)23-31-27-49(35(19-15-11-7-3)20-16-12-8-4)29-33-25-39-45(46(42)41(31)33)44-38(50-39)24-32(28-48)40(30)43(36)44/h21-25,34-35H,5-20,26-29H2,1-4H3. The van der Waals surface area contributed by atoms with Crippen molar-refractivity contribution >= 4 is 82.0 Å². The molecule has 0 spiro atoms. The Morgan fingerprint density at radius 2 is 0.940 bits per heavy atom. The van der Waals surface area contributed by atoms with Crippen molar-refractivity contribution in [3.8, 4) is 0 Å². The predicted octanol–water partition coefficient (Wildman–Crippen LogP) is 13.8. The van der Waals surface area contributed by atoms with Crippen molar-refractivity contribution in [2.45, 2.75) is 169 Å². The van der Waals surface area contributed by atoms with Gasteiger partial charge in [0.25, 0.3) is 0 Å². The van der Waals surface area contributed by atoms with Crippen molar-refractivity contribution in [1.82, 2.24) is 9.80 Å². The van der Waals surface area contributed by atoms with Gasteiger partial charge in [0.1, 0.15) is 0 Å². The molecule has 0 saturated carbocycles. The van der Waals surface area contributed by atoms with Crippen molar-refractivity contribution < 1.29 is 0 Å². The summed E-state index contributed by atoms with van der Waals surface area (Å²) in [6, 6.07) is 14.4. The third kappa shape index (κ3) is 6.26. The SMILES string of the molecule is CCCCCC(CCCCC)N1Cc2ccc3c4c(Br)cc5c6c(cc7[se]c8cc(c2c3c8c7c64)C1)CN(C(CCCCC)CCCCC)C5. The van der Waals surface area contributed by atoms with Crippen LogP contribution in [0.15, 0.2) is 34.8 Å². The maximum atomic E-state index is 4.24. The van der Waals surface area contributed by atoms with Crippen LogP contribution in [0, 0.1) is 0 Å². The molecule has 0 amide bonds. The molecule has 50 heavy (non-hydrogen) atoms. The first-order valence-corrected chi connectivity index (χ1v) is 23.2. The number of benzene rings is 5. The first kappa shape index (κ1) is 35.4. The Kier molecular flexibility index (Phi) is 10.9. The van der Waals surface area contributed by atoms with Crippen LogP contribution in [-0.2, 0) is 26.2 Å². The average Bonchev–Trinajstić information content (AvgIpc) is 3.49. The van der Waals surface area contributed by atoms with Gasteiger partial charge in [-0.1, -0.05) is 0 Å². The van der Waals surface area contributed by atoms with Crippen molar-refractivity contribution in [2.75, 3.05) is 0 Å². The molecule has 4 heteroatoms. The third-order valence-electron chi connectivity index (χ3n) is 12.7. The molecule has 0 atom stereocenters. The van der Waals surface area contributed by atoms with E-state index in [0.717, 1.165) is 26.2 Å². The fraction of sp³-hybridized carbons (Fsp3) is 0.565. The summed E-state index contributed by atoms with van der Waals surface area (Å²) in [7, 11) is 0. The van der Waals surface area contributed by atoms with Crippen LogP contribution in [0.25, 0.3) is 51.6 Å². The number of halogens is 1. The molecule has 6 aromatic rings. The Labute approximate surface area is 315 Å². The Hall–Kier alpha value is -1.68. The molecule has 2 nitrogen and oxygen atoms in total. The second-order valence-electron chi connectivity index (χ2n) is 16.2. The molecule has 0 saturated heterocycles. The van der Waals surface area contributed by atoms with Gasteiger partial charge in [0, 0.05) is 0 Å². The molecule has 1 aromatic heterocycles. The fourth-order valence-corrected chi connectivity index (χ4v) is 13.6. The Bertz CT molecular complexity index is 2050. The molecule has 8 rings (SSSR count). The van der Waals surface area contributed by atoms with E-state index in [1.165, 1.54) is 118 Å². The van der Waals surface area contributed by atoms with Gasteiger partial charge in [0.05, 0.1) is 0 Å². The van der Waals surface area contributed by atoms with E-state index in [2.05, 4.69) is 83.8 Å². The van der Waals surface area contributed by atoms with Crippen LogP contribution in [0.2, 0.25) is 0 Å². The van der Waals surface area contributed by atoms with Crippen LogP contribution in [0.5, 0.6) is 0 Å². The predicted molar refractivity (Wildman–Crippen MR) is 224 cm³/mol. The summed E-state index contributed by atoms with van der Waals surface area (Å²) in [5.41, 5.74) is 6.34. The monoisotopic (exact) mass is 798 g/mol. The van der Waals surface area contributed by atoms with Gasteiger partial charge in [0.15, 0.2) is 0 Å². The van der Waals surface area contributed by atoms with Crippen molar-refractivity contribution in [2.24, 2.45) is 0 Å². The Morgan fingerprint density at radius 1 is 0.500 bits per heavy atom. The van der Waals surface area contributed by atoms with E-state index in [1.54, 1.807) is 63.1 Å².